The average molecular weight is 286 g/mol. The second-order valence-corrected chi connectivity index (χ2v) is 7.60. The summed E-state index contributed by atoms with van der Waals surface area (Å²) in [6.07, 6.45) is 0. The Morgan fingerprint density at radius 1 is 0.800 bits per heavy atom. The quantitative estimate of drug-likeness (QED) is 0.580. The third-order valence-electron chi connectivity index (χ3n) is 3.78. The fourth-order valence-electron chi connectivity index (χ4n) is 2.51. The Bertz CT molecular complexity index is 548. The summed E-state index contributed by atoms with van der Waals surface area (Å²) in [5.74, 6) is 1.80. The van der Waals surface area contributed by atoms with Gasteiger partial charge < -0.3 is 0 Å². The molecule has 0 bridgehead atoms. The van der Waals surface area contributed by atoms with Gasteiger partial charge in [0.15, 0.2) is 0 Å². The van der Waals surface area contributed by atoms with Crippen LogP contribution in [0.25, 0.3) is 10.4 Å². The molecule has 0 unspecified atom stereocenters. The molecule has 2 rings (SSSR count). The minimum atomic E-state index is 0.587. The van der Waals surface area contributed by atoms with E-state index >= 15 is 0 Å². The van der Waals surface area contributed by atoms with Crippen molar-refractivity contribution in [2.24, 2.45) is 0 Å². The van der Waals surface area contributed by atoms with E-state index in [4.69, 9.17) is 0 Å². The van der Waals surface area contributed by atoms with Gasteiger partial charge in [-0.15, -0.1) is 11.3 Å². The van der Waals surface area contributed by atoms with Crippen LogP contribution < -0.4 is 0 Å². The minimum absolute atomic E-state index is 0.587. The molecule has 2 aromatic rings. The van der Waals surface area contributed by atoms with Crippen LogP contribution in [0.5, 0.6) is 0 Å². The van der Waals surface area contributed by atoms with Gasteiger partial charge in [0, 0.05) is 9.75 Å². The molecule has 0 nitrogen and oxygen atoms in total. The number of rotatable bonds is 4. The number of thiophene rings is 1. The smallest absolute Gasteiger partial charge is 0.0348 e. The maximum atomic E-state index is 2.41. The maximum absolute atomic E-state index is 2.41. The first-order valence-corrected chi connectivity index (χ1v) is 8.45. The lowest BCUT2D eigenvalue weighted by atomic mass is 9.97. The molecule has 1 aromatic carbocycles. The zero-order valence-electron chi connectivity index (χ0n) is 13.5. The first kappa shape index (κ1) is 15.3. The zero-order chi connectivity index (χ0) is 14.9. The van der Waals surface area contributed by atoms with Gasteiger partial charge in [0.05, 0.1) is 0 Å². The van der Waals surface area contributed by atoms with Gasteiger partial charge in [-0.1, -0.05) is 65.8 Å². The molecule has 0 aliphatic carbocycles. The van der Waals surface area contributed by atoms with Crippen LogP contribution in [0.2, 0.25) is 0 Å². The zero-order valence-corrected chi connectivity index (χ0v) is 14.3. The minimum Gasteiger partial charge on any atom is -0.140 e. The topological polar surface area (TPSA) is 0 Å². The molecular weight excluding hydrogens is 260 g/mol. The van der Waals surface area contributed by atoms with Crippen molar-refractivity contribution in [1.82, 2.24) is 0 Å². The average Bonchev–Trinajstić information content (AvgIpc) is 2.84. The lowest BCUT2D eigenvalue weighted by molar-refractivity contribution is 0.810. The predicted octanol–water partition coefficient (Wildman–Crippen LogP) is 6.79. The van der Waals surface area contributed by atoms with Crippen molar-refractivity contribution in [3.63, 3.8) is 0 Å². The van der Waals surface area contributed by atoms with Gasteiger partial charge in [-0.2, -0.15) is 0 Å². The number of hydrogen-bond donors (Lipinski definition) is 0. The van der Waals surface area contributed by atoms with E-state index in [0.29, 0.717) is 17.8 Å². The van der Waals surface area contributed by atoms with Crippen molar-refractivity contribution in [3.8, 4) is 10.4 Å². The van der Waals surface area contributed by atoms with Crippen LogP contribution in [0.15, 0.2) is 30.3 Å². The molecule has 20 heavy (non-hydrogen) atoms. The van der Waals surface area contributed by atoms with E-state index in [0.717, 1.165) is 0 Å². The van der Waals surface area contributed by atoms with E-state index in [1.165, 1.54) is 21.6 Å². The van der Waals surface area contributed by atoms with Crippen molar-refractivity contribution in [2.75, 3.05) is 0 Å². The molecule has 1 heteroatoms. The highest BCUT2D eigenvalue weighted by Gasteiger charge is 2.16. The molecule has 0 amide bonds. The summed E-state index contributed by atoms with van der Waals surface area (Å²) in [6.45, 7) is 13.7. The summed E-state index contributed by atoms with van der Waals surface area (Å²) < 4.78 is 0. The van der Waals surface area contributed by atoms with Gasteiger partial charge >= 0.3 is 0 Å². The maximum Gasteiger partial charge on any atom is 0.0348 e. The van der Waals surface area contributed by atoms with E-state index in [9.17, 15) is 0 Å². The van der Waals surface area contributed by atoms with Gasteiger partial charge in [0.25, 0.3) is 0 Å². The lowest BCUT2D eigenvalue weighted by Crippen LogP contribution is -1.92. The molecule has 0 saturated carbocycles. The van der Waals surface area contributed by atoms with Gasteiger partial charge in [-0.05, 0) is 40.5 Å². The summed E-state index contributed by atoms with van der Waals surface area (Å²) in [7, 11) is 0. The van der Waals surface area contributed by atoms with Crippen LogP contribution in [-0.2, 0) is 0 Å². The van der Waals surface area contributed by atoms with Crippen molar-refractivity contribution < 1.29 is 0 Å². The predicted molar refractivity (Wildman–Crippen MR) is 92.0 cm³/mol. The second-order valence-electron chi connectivity index (χ2n) is 6.52. The molecule has 0 radical (unpaired) electrons. The standard InChI is InChI=1S/C19H26S/c1-12(2)15-8-7-9-16(10-15)18-11-17(13(3)4)19(20-18)14(5)6/h7-14H,1-6H3. The van der Waals surface area contributed by atoms with E-state index in [2.05, 4.69) is 71.9 Å². The Labute approximate surface area is 127 Å². The largest absolute Gasteiger partial charge is 0.140 e. The van der Waals surface area contributed by atoms with Crippen molar-refractivity contribution >= 4 is 11.3 Å². The molecule has 0 atom stereocenters. The summed E-state index contributed by atoms with van der Waals surface area (Å²) >= 11 is 1.97. The van der Waals surface area contributed by atoms with Crippen LogP contribution in [-0.4, -0.2) is 0 Å². The third-order valence-corrected chi connectivity index (χ3v) is 5.28. The van der Waals surface area contributed by atoms with Crippen LogP contribution in [0.4, 0.5) is 0 Å². The van der Waals surface area contributed by atoms with Crippen LogP contribution in [0.3, 0.4) is 0 Å². The fourth-order valence-corrected chi connectivity index (χ4v) is 3.83. The molecule has 1 heterocycles. The lowest BCUT2D eigenvalue weighted by Gasteiger charge is -2.08. The SMILES string of the molecule is CC(C)c1cccc(-c2cc(C(C)C)c(C(C)C)s2)c1. The second kappa shape index (κ2) is 6.13. The molecule has 0 fully saturated rings. The molecule has 0 spiro atoms. The van der Waals surface area contributed by atoms with E-state index in [1.54, 1.807) is 4.88 Å². The van der Waals surface area contributed by atoms with Crippen molar-refractivity contribution in [2.45, 2.75) is 59.3 Å². The van der Waals surface area contributed by atoms with Crippen molar-refractivity contribution in [3.05, 3.63) is 46.3 Å². The van der Waals surface area contributed by atoms with Crippen molar-refractivity contribution in [1.29, 1.82) is 0 Å². The summed E-state index contributed by atoms with van der Waals surface area (Å²) in [5.41, 5.74) is 4.32. The van der Waals surface area contributed by atoms with Crippen LogP contribution >= 0.6 is 11.3 Å². The third kappa shape index (κ3) is 3.15. The molecule has 1 aromatic heterocycles. The van der Waals surface area contributed by atoms with E-state index < -0.39 is 0 Å². The van der Waals surface area contributed by atoms with Gasteiger partial charge in [0.2, 0.25) is 0 Å². The van der Waals surface area contributed by atoms with Gasteiger partial charge in [-0.3, -0.25) is 0 Å². The highest BCUT2D eigenvalue weighted by atomic mass is 32.1. The van der Waals surface area contributed by atoms with E-state index in [-0.39, 0.29) is 0 Å². The molecule has 108 valence electrons. The van der Waals surface area contributed by atoms with Gasteiger partial charge in [0.1, 0.15) is 0 Å². The van der Waals surface area contributed by atoms with Gasteiger partial charge in [-0.25, -0.2) is 0 Å². The van der Waals surface area contributed by atoms with Crippen LogP contribution in [0, 0.1) is 0 Å². The Morgan fingerprint density at radius 2 is 1.50 bits per heavy atom. The molecule has 0 aliphatic rings. The molecular formula is C19H26S. The summed E-state index contributed by atoms with van der Waals surface area (Å²) in [6, 6.07) is 11.4. The monoisotopic (exact) mass is 286 g/mol. The first-order chi connectivity index (χ1) is 9.40. The number of hydrogen-bond acceptors (Lipinski definition) is 1. The Kier molecular flexibility index (Phi) is 4.70. The van der Waals surface area contributed by atoms with Crippen LogP contribution in [0.1, 0.15) is 75.3 Å². The fraction of sp³-hybridized carbons (Fsp3) is 0.474. The highest BCUT2D eigenvalue weighted by molar-refractivity contribution is 7.15. The molecule has 0 aliphatic heterocycles. The summed E-state index contributed by atoms with van der Waals surface area (Å²) in [5, 5.41) is 0. The first-order valence-electron chi connectivity index (χ1n) is 7.64. The Hall–Kier alpha value is -1.08. The normalized spacial score (nSPS) is 11.8. The molecule has 0 N–H and O–H groups in total. The van der Waals surface area contributed by atoms with E-state index in [1.807, 2.05) is 11.3 Å². The Balaban J connectivity index is 2.48. The molecule has 0 saturated heterocycles. The summed E-state index contributed by atoms with van der Waals surface area (Å²) in [4.78, 5) is 2.96. The highest BCUT2D eigenvalue weighted by Crippen LogP contribution is 2.39. The number of benzene rings is 1. The Morgan fingerprint density at radius 3 is 2.00 bits per heavy atom.